The Morgan fingerprint density at radius 3 is 2.33 bits per heavy atom. The molecule has 0 radical (unpaired) electrons. The summed E-state index contributed by atoms with van der Waals surface area (Å²) in [6.45, 7) is 10.5. The Bertz CT molecular complexity index is 496. The first kappa shape index (κ1) is 16.0. The van der Waals surface area contributed by atoms with Crippen LogP contribution in [0.15, 0.2) is 24.3 Å². The normalized spacial score (nSPS) is 27.2. The molecule has 2 rings (SSSR count). The second-order valence-electron chi connectivity index (χ2n) is 6.30. The maximum absolute atomic E-state index is 12.8. The third kappa shape index (κ3) is 2.84. The van der Waals surface area contributed by atoms with Gasteiger partial charge in [-0.15, -0.1) is 0 Å². The first-order valence-electron chi connectivity index (χ1n) is 8.16. The Labute approximate surface area is 128 Å². The smallest absolute Gasteiger partial charge is 0.244 e. The number of aryl methyl sites for hydroxylation is 1. The molecule has 1 aromatic carbocycles. The van der Waals surface area contributed by atoms with Gasteiger partial charge in [0.15, 0.2) is 0 Å². The SMILES string of the molecule is CCc1ccc(C2NC(C)(CC)C(=O)N2C(C)CC)cc1. The highest BCUT2D eigenvalue weighted by molar-refractivity contribution is 5.88. The summed E-state index contributed by atoms with van der Waals surface area (Å²) in [6.07, 6.45) is 2.81. The molecular formula is C18H28N2O. The fourth-order valence-corrected chi connectivity index (χ4v) is 2.92. The van der Waals surface area contributed by atoms with Crippen LogP contribution in [0, 0.1) is 0 Å². The van der Waals surface area contributed by atoms with Gasteiger partial charge < -0.3 is 4.90 Å². The minimum Gasteiger partial charge on any atom is -0.319 e. The van der Waals surface area contributed by atoms with E-state index in [1.54, 1.807) is 0 Å². The van der Waals surface area contributed by atoms with Crippen LogP contribution >= 0.6 is 0 Å². The molecule has 1 heterocycles. The fraction of sp³-hybridized carbons (Fsp3) is 0.611. The number of nitrogens with one attached hydrogen (secondary N) is 1. The highest BCUT2D eigenvalue weighted by Crippen LogP contribution is 2.34. The summed E-state index contributed by atoms with van der Waals surface area (Å²) in [5, 5.41) is 3.56. The molecule has 0 spiro atoms. The predicted molar refractivity (Wildman–Crippen MR) is 87.0 cm³/mol. The van der Waals surface area contributed by atoms with E-state index in [1.165, 1.54) is 11.1 Å². The van der Waals surface area contributed by atoms with Crippen molar-refractivity contribution < 1.29 is 4.79 Å². The number of hydrogen-bond acceptors (Lipinski definition) is 2. The van der Waals surface area contributed by atoms with Gasteiger partial charge in [-0.1, -0.05) is 45.0 Å². The van der Waals surface area contributed by atoms with Crippen LogP contribution in [0.1, 0.15) is 64.8 Å². The van der Waals surface area contributed by atoms with E-state index in [9.17, 15) is 4.79 Å². The molecule has 1 aliphatic heterocycles. The largest absolute Gasteiger partial charge is 0.319 e. The lowest BCUT2D eigenvalue weighted by molar-refractivity contribution is -0.135. The molecule has 1 fully saturated rings. The molecule has 21 heavy (non-hydrogen) atoms. The van der Waals surface area contributed by atoms with Crippen molar-refractivity contribution in [2.45, 2.75) is 71.6 Å². The summed E-state index contributed by atoms with van der Waals surface area (Å²) in [6, 6.07) is 8.88. The minimum absolute atomic E-state index is 0.0108. The molecule has 116 valence electrons. The Balaban J connectivity index is 2.36. The van der Waals surface area contributed by atoms with Crippen molar-refractivity contribution in [1.29, 1.82) is 0 Å². The topological polar surface area (TPSA) is 32.3 Å². The van der Waals surface area contributed by atoms with E-state index in [4.69, 9.17) is 0 Å². The van der Waals surface area contributed by atoms with Gasteiger partial charge in [0.25, 0.3) is 0 Å². The third-order valence-corrected chi connectivity index (χ3v) is 4.92. The maximum Gasteiger partial charge on any atom is 0.244 e. The molecule has 3 atom stereocenters. The van der Waals surface area contributed by atoms with E-state index in [0.29, 0.717) is 0 Å². The molecule has 3 unspecified atom stereocenters. The van der Waals surface area contributed by atoms with E-state index in [1.807, 2.05) is 11.8 Å². The molecule has 1 aromatic rings. The fourth-order valence-electron chi connectivity index (χ4n) is 2.92. The standard InChI is InChI=1S/C18H28N2O/c1-6-13(4)20-16(19-18(5,8-3)17(20)21)15-11-9-14(7-2)10-12-15/h9-13,16,19H,6-8H2,1-5H3. The molecule has 1 saturated heterocycles. The van der Waals surface area contributed by atoms with Crippen LogP contribution < -0.4 is 5.32 Å². The van der Waals surface area contributed by atoms with Crippen molar-refractivity contribution in [2.24, 2.45) is 0 Å². The van der Waals surface area contributed by atoms with Gasteiger partial charge in [-0.05, 0) is 44.2 Å². The number of carbonyl (C=O) groups is 1. The summed E-state index contributed by atoms with van der Waals surface area (Å²) in [5.74, 6) is 0.226. The molecule has 1 amide bonds. The molecule has 0 aromatic heterocycles. The van der Waals surface area contributed by atoms with Gasteiger partial charge in [0.05, 0.1) is 5.54 Å². The van der Waals surface area contributed by atoms with Gasteiger partial charge in [0, 0.05) is 6.04 Å². The Morgan fingerprint density at radius 1 is 1.24 bits per heavy atom. The number of benzene rings is 1. The molecule has 3 nitrogen and oxygen atoms in total. The van der Waals surface area contributed by atoms with Crippen molar-refractivity contribution in [3.05, 3.63) is 35.4 Å². The van der Waals surface area contributed by atoms with Crippen molar-refractivity contribution in [3.8, 4) is 0 Å². The summed E-state index contributed by atoms with van der Waals surface area (Å²) < 4.78 is 0. The lowest BCUT2D eigenvalue weighted by atomic mass is 9.99. The molecule has 3 heteroatoms. The molecule has 0 saturated carbocycles. The summed E-state index contributed by atoms with van der Waals surface area (Å²) in [7, 11) is 0. The number of amides is 1. The van der Waals surface area contributed by atoms with Crippen molar-refractivity contribution >= 4 is 5.91 Å². The number of hydrogen-bond donors (Lipinski definition) is 1. The average Bonchev–Trinajstić information content (AvgIpc) is 2.79. The second kappa shape index (κ2) is 6.18. The van der Waals surface area contributed by atoms with E-state index >= 15 is 0 Å². The molecular weight excluding hydrogens is 260 g/mol. The van der Waals surface area contributed by atoms with Gasteiger partial charge >= 0.3 is 0 Å². The summed E-state index contributed by atoms with van der Waals surface area (Å²) >= 11 is 0. The van der Waals surface area contributed by atoms with Crippen LogP contribution in [0.25, 0.3) is 0 Å². The Morgan fingerprint density at radius 2 is 1.86 bits per heavy atom. The first-order chi connectivity index (χ1) is 9.96. The van der Waals surface area contributed by atoms with E-state index in [0.717, 1.165) is 19.3 Å². The molecule has 1 N–H and O–H groups in total. The predicted octanol–water partition coefficient (Wildman–Crippen LogP) is 3.65. The van der Waals surface area contributed by atoms with E-state index in [2.05, 4.69) is 57.3 Å². The summed E-state index contributed by atoms with van der Waals surface area (Å²) in [5.41, 5.74) is 2.06. The highest BCUT2D eigenvalue weighted by atomic mass is 16.2. The first-order valence-corrected chi connectivity index (χ1v) is 8.16. The van der Waals surface area contributed by atoms with Crippen molar-refractivity contribution in [2.75, 3.05) is 0 Å². The molecule has 1 aliphatic rings. The van der Waals surface area contributed by atoms with Crippen molar-refractivity contribution in [1.82, 2.24) is 10.2 Å². The lowest BCUT2D eigenvalue weighted by Gasteiger charge is -2.30. The molecule has 0 aliphatic carbocycles. The average molecular weight is 288 g/mol. The highest BCUT2D eigenvalue weighted by Gasteiger charge is 2.48. The van der Waals surface area contributed by atoms with Gasteiger partial charge in [-0.2, -0.15) is 0 Å². The van der Waals surface area contributed by atoms with E-state index in [-0.39, 0.29) is 18.1 Å². The Kier molecular flexibility index (Phi) is 4.72. The van der Waals surface area contributed by atoms with E-state index < -0.39 is 5.54 Å². The second-order valence-corrected chi connectivity index (χ2v) is 6.30. The molecule has 0 bridgehead atoms. The van der Waals surface area contributed by atoms with Crippen LogP contribution in [0.2, 0.25) is 0 Å². The van der Waals surface area contributed by atoms with Crippen LogP contribution in [-0.4, -0.2) is 22.4 Å². The van der Waals surface area contributed by atoms with Crippen LogP contribution in [-0.2, 0) is 11.2 Å². The van der Waals surface area contributed by atoms with Crippen LogP contribution in [0.3, 0.4) is 0 Å². The van der Waals surface area contributed by atoms with Crippen LogP contribution in [0.4, 0.5) is 0 Å². The summed E-state index contributed by atoms with van der Waals surface area (Å²) in [4.78, 5) is 14.9. The maximum atomic E-state index is 12.8. The number of nitrogens with zero attached hydrogens (tertiary/aromatic N) is 1. The zero-order chi connectivity index (χ0) is 15.6. The zero-order valence-electron chi connectivity index (χ0n) is 13.9. The van der Waals surface area contributed by atoms with Gasteiger partial charge in [0.1, 0.15) is 6.17 Å². The van der Waals surface area contributed by atoms with Crippen molar-refractivity contribution in [3.63, 3.8) is 0 Å². The number of carbonyl (C=O) groups excluding carboxylic acids is 1. The van der Waals surface area contributed by atoms with Gasteiger partial charge in [-0.25, -0.2) is 0 Å². The number of rotatable bonds is 5. The van der Waals surface area contributed by atoms with Crippen LogP contribution in [0.5, 0.6) is 0 Å². The third-order valence-electron chi connectivity index (χ3n) is 4.92. The Hall–Kier alpha value is -1.35. The minimum atomic E-state index is -0.447. The van der Waals surface area contributed by atoms with Gasteiger partial charge in [-0.3, -0.25) is 10.1 Å². The lowest BCUT2D eigenvalue weighted by Crippen LogP contribution is -2.44. The zero-order valence-corrected chi connectivity index (χ0v) is 13.9. The quantitative estimate of drug-likeness (QED) is 0.897. The monoisotopic (exact) mass is 288 g/mol. The van der Waals surface area contributed by atoms with Gasteiger partial charge in [0.2, 0.25) is 5.91 Å².